The number of anilines is 3. The van der Waals surface area contributed by atoms with Gasteiger partial charge in [-0.2, -0.15) is 4.98 Å². The summed E-state index contributed by atoms with van der Waals surface area (Å²) in [5.41, 5.74) is -0.614. The summed E-state index contributed by atoms with van der Waals surface area (Å²) in [4.78, 5) is 46.4. The minimum Gasteiger partial charge on any atom is -0.444 e. The average Bonchev–Trinajstić information content (AvgIpc) is 2.78. The summed E-state index contributed by atoms with van der Waals surface area (Å²) < 4.78 is 7.01. The summed E-state index contributed by atoms with van der Waals surface area (Å²) in [5.74, 6) is 6.02. The van der Waals surface area contributed by atoms with Crippen LogP contribution < -0.4 is 21.2 Å². The van der Waals surface area contributed by atoms with Gasteiger partial charge in [0.25, 0.3) is 0 Å². The van der Waals surface area contributed by atoms with Crippen LogP contribution in [-0.4, -0.2) is 64.3 Å². The van der Waals surface area contributed by atoms with Gasteiger partial charge in [0.1, 0.15) is 17.1 Å². The van der Waals surface area contributed by atoms with Gasteiger partial charge in [-0.25, -0.2) is 9.59 Å². The topological polar surface area (TPSA) is 109 Å². The van der Waals surface area contributed by atoms with Gasteiger partial charge in [0, 0.05) is 33.2 Å². The molecule has 2 heterocycles. The molecule has 1 saturated heterocycles. The minimum absolute atomic E-state index is 0.0309. The number of hydrogen-bond donors (Lipinski definition) is 2. The normalized spacial score (nSPS) is 18.1. The predicted molar refractivity (Wildman–Crippen MR) is 134 cm³/mol. The van der Waals surface area contributed by atoms with E-state index in [0.29, 0.717) is 43.3 Å². The molecular weight excluding hydrogens is 436 g/mol. The number of nitrogens with zero attached hydrogens (tertiary/aromatic N) is 4. The Balaban J connectivity index is 2.53. The van der Waals surface area contributed by atoms with Crippen LogP contribution in [0.3, 0.4) is 0 Å². The van der Waals surface area contributed by atoms with Crippen molar-refractivity contribution in [3.63, 3.8) is 0 Å². The lowest BCUT2D eigenvalue weighted by Crippen LogP contribution is -2.61. The number of piperazine rings is 1. The maximum absolute atomic E-state index is 12.9. The molecule has 0 radical (unpaired) electrons. The maximum Gasteiger partial charge on any atom is 0.410 e. The molecule has 0 bridgehead atoms. The Kier molecular flexibility index (Phi) is 8.96. The molecule has 1 aromatic heterocycles. The lowest BCUT2D eigenvalue weighted by molar-refractivity contribution is -0.115. The van der Waals surface area contributed by atoms with Gasteiger partial charge in [0.05, 0.1) is 12.5 Å². The number of carbonyl (C=O) groups excluding carboxylic acids is 2. The third kappa shape index (κ3) is 6.22. The average molecular weight is 475 g/mol. The van der Waals surface area contributed by atoms with Crippen LogP contribution in [0, 0.1) is 11.8 Å². The van der Waals surface area contributed by atoms with Crippen molar-refractivity contribution in [3.8, 4) is 11.8 Å². The Labute approximate surface area is 202 Å². The Hall–Kier alpha value is -3.22. The third-order valence-electron chi connectivity index (χ3n) is 5.75. The van der Waals surface area contributed by atoms with Gasteiger partial charge in [-0.1, -0.05) is 19.8 Å². The van der Waals surface area contributed by atoms with E-state index in [4.69, 9.17) is 4.74 Å². The lowest BCUT2D eigenvalue weighted by atomic mass is 10.0. The molecule has 1 aromatic rings. The number of rotatable bonds is 6. The quantitative estimate of drug-likeness (QED) is 0.610. The predicted octanol–water partition coefficient (Wildman–Crippen LogP) is 2.79. The van der Waals surface area contributed by atoms with Crippen LogP contribution in [0.4, 0.5) is 22.1 Å². The van der Waals surface area contributed by atoms with E-state index in [1.807, 2.05) is 39.5 Å². The molecule has 0 spiro atoms. The van der Waals surface area contributed by atoms with Crippen molar-refractivity contribution < 1.29 is 14.3 Å². The molecular formula is C24H38N6O4. The lowest BCUT2D eigenvalue weighted by Gasteiger charge is -2.47. The highest BCUT2D eigenvalue weighted by Crippen LogP contribution is 2.34. The van der Waals surface area contributed by atoms with Crippen molar-refractivity contribution >= 4 is 29.3 Å². The van der Waals surface area contributed by atoms with Gasteiger partial charge >= 0.3 is 11.8 Å². The van der Waals surface area contributed by atoms with E-state index in [2.05, 4.69) is 27.5 Å². The molecule has 2 rings (SSSR count). The fourth-order valence-corrected chi connectivity index (χ4v) is 4.01. The Morgan fingerprint density at radius 1 is 1.18 bits per heavy atom. The van der Waals surface area contributed by atoms with Crippen LogP contribution in [0.25, 0.3) is 0 Å². The molecule has 188 valence electrons. The molecule has 10 heteroatoms. The Morgan fingerprint density at radius 3 is 2.35 bits per heavy atom. The van der Waals surface area contributed by atoms with Gasteiger partial charge in [0.2, 0.25) is 5.91 Å². The van der Waals surface area contributed by atoms with Crippen molar-refractivity contribution in [3.05, 3.63) is 10.5 Å². The van der Waals surface area contributed by atoms with E-state index in [-0.39, 0.29) is 30.5 Å². The highest BCUT2D eigenvalue weighted by atomic mass is 16.6. The Morgan fingerprint density at radius 2 is 1.82 bits per heavy atom. The zero-order chi connectivity index (χ0) is 25.6. The molecule has 0 unspecified atom stereocenters. The first-order chi connectivity index (χ1) is 16.0. The van der Waals surface area contributed by atoms with Crippen LogP contribution in [0.1, 0.15) is 60.8 Å². The van der Waals surface area contributed by atoms with Crippen LogP contribution in [0.5, 0.6) is 0 Å². The van der Waals surface area contributed by atoms with Gasteiger partial charge in [-0.15, -0.1) is 5.92 Å². The first kappa shape index (κ1) is 27.0. The number of ether oxygens (including phenoxy) is 1. The number of nitrogens with one attached hydrogen (secondary N) is 2. The molecule has 1 aliphatic heterocycles. The summed E-state index contributed by atoms with van der Waals surface area (Å²) in [7, 11) is 3.28. The third-order valence-corrected chi connectivity index (χ3v) is 5.75. The summed E-state index contributed by atoms with van der Waals surface area (Å²) in [5, 5.41) is 5.92. The maximum atomic E-state index is 12.9. The van der Waals surface area contributed by atoms with Gasteiger partial charge in [-0.3, -0.25) is 9.36 Å². The molecule has 2 amide bonds. The minimum atomic E-state index is -0.595. The van der Waals surface area contributed by atoms with E-state index < -0.39 is 11.3 Å². The van der Waals surface area contributed by atoms with E-state index in [9.17, 15) is 14.4 Å². The second-order valence-corrected chi connectivity index (χ2v) is 9.31. The molecule has 2 N–H and O–H groups in total. The second-order valence-electron chi connectivity index (χ2n) is 9.31. The largest absolute Gasteiger partial charge is 0.444 e. The van der Waals surface area contributed by atoms with Crippen molar-refractivity contribution in [2.45, 2.75) is 78.5 Å². The number of hydrogen-bond acceptors (Lipinski definition) is 7. The van der Waals surface area contributed by atoms with Crippen LogP contribution >= 0.6 is 0 Å². The summed E-state index contributed by atoms with van der Waals surface area (Å²) in [6.07, 6.45) is 1.08. The van der Waals surface area contributed by atoms with Crippen LogP contribution in [-0.2, 0) is 16.6 Å². The second kappa shape index (κ2) is 11.3. The van der Waals surface area contributed by atoms with E-state index >= 15 is 0 Å². The molecule has 2 atom stereocenters. The van der Waals surface area contributed by atoms with E-state index in [1.54, 1.807) is 25.9 Å². The van der Waals surface area contributed by atoms with Crippen molar-refractivity contribution in [2.75, 3.05) is 35.7 Å². The van der Waals surface area contributed by atoms with Gasteiger partial charge in [-0.05, 0) is 40.5 Å². The van der Waals surface area contributed by atoms with Crippen LogP contribution in [0.2, 0.25) is 0 Å². The van der Waals surface area contributed by atoms with Gasteiger partial charge in [0.15, 0.2) is 5.82 Å². The molecule has 1 fully saturated rings. The molecule has 0 aliphatic carbocycles. The zero-order valence-electron chi connectivity index (χ0n) is 21.6. The molecule has 34 heavy (non-hydrogen) atoms. The molecule has 1 aliphatic rings. The van der Waals surface area contributed by atoms with Crippen LogP contribution in [0.15, 0.2) is 4.79 Å². The first-order valence-corrected chi connectivity index (χ1v) is 11.7. The number of carbonyl (C=O) groups is 2. The zero-order valence-corrected chi connectivity index (χ0v) is 21.6. The van der Waals surface area contributed by atoms with E-state index in [1.165, 1.54) is 4.57 Å². The van der Waals surface area contributed by atoms with Crippen molar-refractivity contribution in [1.82, 2.24) is 14.5 Å². The molecule has 0 saturated carbocycles. The Bertz CT molecular complexity index is 1020. The number of aromatic nitrogens is 2. The standard InChI is InChI=1S/C24H38N6O4/c1-9-12-13-18(31)26-19-20(25-7)28(8)22(32)27-21(19)29-14-17(11-3)30(15-16(29)10-2)23(33)34-24(4,5)6/h16-17,25H,10-11,13-15H2,1-8H3,(H,26,31)/t16-,17+/m0/s1. The molecule has 0 aromatic carbocycles. The summed E-state index contributed by atoms with van der Waals surface area (Å²) in [6, 6.07) is -0.262. The van der Waals surface area contributed by atoms with Gasteiger partial charge < -0.3 is 25.2 Å². The highest BCUT2D eigenvalue weighted by Gasteiger charge is 2.39. The first-order valence-electron chi connectivity index (χ1n) is 11.7. The SMILES string of the molecule is CC#CCC(=O)Nc1c(N2C[C@@H](CC)N(C(=O)OC(C)(C)C)C[C@@H]2CC)nc(=O)n(C)c1NC. The fourth-order valence-electron chi connectivity index (χ4n) is 4.01. The summed E-state index contributed by atoms with van der Waals surface area (Å²) in [6.45, 7) is 12.1. The highest BCUT2D eigenvalue weighted by molar-refractivity contribution is 5.98. The molecule has 10 nitrogen and oxygen atoms in total. The number of amides is 2. The van der Waals surface area contributed by atoms with Crippen molar-refractivity contribution in [1.29, 1.82) is 0 Å². The summed E-state index contributed by atoms with van der Waals surface area (Å²) >= 11 is 0. The fraction of sp³-hybridized carbons (Fsp3) is 0.667. The van der Waals surface area contributed by atoms with E-state index in [0.717, 1.165) is 0 Å². The smallest absolute Gasteiger partial charge is 0.410 e. The monoisotopic (exact) mass is 474 g/mol. The van der Waals surface area contributed by atoms with Crippen molar-refractivity contribution in [2.24, 2.45) is 7.05 Å².